The molecule has 4 nitrogen and oxygen atoms in total. The maximum absolute atomic E-state index is 4.33. The third kappa shape index (κ3) is 1.41. The van der Waals surface area contributed by atoms with Gasteiger partial charge in [0.1, 0.15) is 0 Å². The predicted octanol–water partition coefficient (Wildman–Crippen LogP) is 1.40. The van der Waals surface area contributed by atoms with Gasteiger partial charge in [0.25, 0.3) is 0 Å². The third-order valence-corrected chi connectivity index (χ3v) is 3.09. The zero-order valence-electron chi connectivity index (χ0n) is 8.72. The summed E-state index contributed by atoms with van der Waals surface area (Å²) in [6, 6.07) is 0.437. The van der Waals surface area contributed by atoms with E-state index in [2.05, 4.69) is 15.4 Å². The molecule has 15 heavy (non-hydrogen) atoms. The Hall–Kier alpha value is -1.42. The van der Waals surface area contributed by atoms with E-state index in [1.54, 1.807) is 6.20 Å². The maximum Gasteiger partial charge on any atom is 0.0892 e. The normalized spacial score (nSPS) is 18.2. The molecule has 1 fully saturated rings. The second kappa shape index (κ2) is 3.31. The molecule has 78 valence electrons. The van der Waals surface area contributed by atoms with Gasteiger partial charge in [-0.2, -0.15) is 5.10 Å². The summed E-state index contributed by atoms with van der Waals surface area (Å²) < 4.78 is 1.88. The van der Waals surface area contributed by atoms with E-state index in [0.29, 0.717) is 6.04 Å². The molecule has 0 saturated heterocycles. The number of nitrogens with zero attached hydrogens (tertiary/aromatic N) is 3. The fraction of sp³-hybridized carbons (Fsp3) is 0.455. The molecule has 0 bridgehead atoms. The van der Waals surface area contributed by atoms with Crippen molar-refractivity contribution >= 4 is 5.52 Å². The van der Waals surface area contributed by atoms with Crippen LogP contribution in [-0.4, -0.2) is 21.6 Å². The van der Waals surface area contributed by atoms with Crippen LogP contribution >= 0.6 is 0 Å². The van der Waals surface area contributed by atoms with E-state index < -0.39 is 0 Å². The maximum atomic E-state index is 4.33. The Balaban J connectivity index is 2.08. The summed E-state index contributed by atoms with van der Waals surface area (Å²) in [5.41, 5.74) is 2.39. The first kappa shape index (κ1) is 8.85. The minimum absolute atomic E-state index is 0.437. The van der Waals surface area contributed by atoms with Crippen LogP contribution in [0.1, 0.15) is 24.4 Å². The average Bonchev–Trinajstić information content (AvgIpc) is 3.01. The third-order valence-electron chi connectivity index (χ3n) is 3.09. The second-order valence-corrected chi connectivity index (χ2v) is 4.11. The van der Waals surface area contributed by atoms with Crippen molar-refractivity contribution < 1.29 is 0 Å². The monoisotopic (exact) mass is 202 g/mol. The second-order valence-electron chi connectivity index (χ2n) is 4.11. The minimum atomic E-state index is 0.437. The number of rotatable bonds is 3. The van der Waals surface area contributed by atoms with Crippen LogP contribution in [0, 0.1) is 5.92 Å². The lowest BCUT2D eigenvalue weighted by Crippen LogP contribution is -2.17. The Labute approximate surface area is 88.3 Å². The van der Waals surface area contributed by atoms with Crippen molar-refractivity contribution in [2.24, 2.45) is 5.92 Å². The smallest absolute Gasteiger partial charge is 0.0892 e. The van der Waals surface area contributed by atoms with Crippen LogP contribution in [0.5, 0.6) is 0 Å². The number of hydrogen-bond acceptors (Lipinski definition) is 3. The van der Waals surface area contributed by atoms with Crippen molar-refractivity contribution in [2.75, 3.05) is 7.05 Å². The van der Waals surface area contributed by atoms with Crippen molar-refractivity contribution in [3.63, 3.8) is 0 Å². The fourth-order valence-electron chi connectivity index (χ4n) is 2.17. The molecule has 0 amide bonds. The van der Waals surface area contributed by atoms with E-state index in [-0.39, 0.29) is 0 Å². The Bertz CT molecular complexity index is 472. The molecule has 1 aliphatic rings. The molecule has 1 unspecified atom stereocenters. The van der Waals surface area contributed by atoms with Gasteiger partial charge in [-0.1, -0.05) is 0 Å². The highest BCUT2D eigenvalue weighted by Crippen LogP contribution is 2.41. The molecule has 2 aromatic heterocycles. The number of nitrogens with one attached hydrogen (secondary N) is 1. The highest BCUT2D eigenvalue weighted by molar-refractivity contribution is 5.53. The van der Waals surface area contributed by atoms with Gasteiger partial charge in [0.15, 0.2) is 0 Å². The highest BCUT2D eigenvalue weighted by atomic mass is 15.2. The summed E-state index contributed by atoms with van der Waals surface area (Å²) in [7, 11) is 2.02. The van der Waals surface area contributed by atoms with Crippen LogP contribution in [0.15, 0.2) is 24.8 Å². The van der Waals surface area contributed by atoms with Gasteiger partial charge in [0.05, 0.1) is 17.9 Å². The van der Waals surface area contributed by atoms with Gasteiger partial charge >= 0.3 is 0 Å². The molecule has 1 atom stereocenters. The van der Waals surface area contributed by atoms with Crippen LogP contribution in [-0.2, 0) is 0 Å². The first-order valence-electron chi connectivity index (χ1n) is 5.34. The molecule has 1 aliphatic carbocycles. The summed E-state index contributed by atoms with van der Waals surface area (Å²) in [4.78, 5) is 4.15. The van der Waals surface area contributed by atoms with E-state index >= 15 is 0 Å². The van der Waals surface area contributed by atoms with Crippen LogP contribution in [0.25, 0.3) is 5.52 Å². The van der Waals surface area contributed by atoms with E-state index in [4.69, 9.17) is 0 Å². The standard InChI is InChI=1S/C11H14N4/c1-12-11(8-2-3-8)9-6-14-15-5-4-13-7-10(9)15/h4-8,11-12H,2-3H2,1H3. The summed E-state index contributed by atoms with van der Waals surface area (Å²) >= 11 is 0. The van der Waals surface area contributed by atoms with Crippen LogP contribution in [0.4, 0.5) is 0 Å². The lowest BCUT2D eigenvalue weighted by molar-refractivity contribution is 0.532. The Morgan fingerprint density at radius 2 is 2.33 bits per heavy atom. The summed E-state index contributed by atoms with van der Waals surface area (Å²) in [5, 5.41) is 7.71. The Kier molecular flexibility index (Phi) is 1.95. The van der Waals surface area contributed by atoms with Crippen molar-refractivity contribution in [1.29, 1.82) is 0 Å². The first-order valence-corrected chi connectivity index (χ1v) is 5.34. The van der Waals surface area contributed by atoms with E-state index in [1.807, 2.05) is 30.2 Å². The largest absolute Gasteiger partial charge is 0.313 e. The van der Waals surface area contributed by atoms with E-state index in [0.717, 1.165) is 11.4 Å². The SMILES string of the molecule is CNC(c1cnn2ccncc12)C1CC1. The van der Waals surface area contributed by atoms with Crippen molar-refractivity contribution in [3.8, 4) is 0 Å². The number of fused-ring (bicyclic) bond motifs is 1. The molecule has 1 N–H and O–H groups in total. The zero-order valence-corrected chi connectivity index (χ0v) is 8.72. The van der Waals surface area contributed by atoms with Gasteiger partial charge in [-0.05, 0) is 25.8 Å². The highest BCUT2D eigenvalue weighted by Gasteiger charge is 2.32. The van der Waals surface area contributed by atoms with E-state index in [9.17, 15) is 0 Å². The zero-order chi connectivity index (χ0) is 10.3. The summed E-state index contributed by atoms with van der Waals surface area (Å²) in [6.07, 6.45) is 10.1. The van der Waals surface area contributed by atoms with Crippen LogP contribution in [0.2, 0.25) is 0 Å². The average molecular weight is 202 g/mol. The van der Waals surface area contributed by atoms with Gasteiger partial charge in [0.2, 0.25) is 0 Å². The molecular formula is C11H14N4. The predicted molar refractivity (Wildman–Crippen MR) is 57.5 cm³/mol. The molecule has 2 aromatic rings. The molecule has 0 aliphatic heterocycles. The van der Waals surface area contributed by atoms with Gasteiger partial charge < -0.3 is 5.32 Å². The number of aromatic nitrogens is 3. The lowest BCUT2D eigenvalue weighted by atomic mass is 10.1. The molecular weight excluding hydrogens is 188 g/mol. The number of hydrogen-bond donors (Lipinski definition) is 1. The van der Waals surface area contributed by atoms with Gasteiger partial charge in [-0.25, -0.2) is 4.52 Å². The first-order chi connectivity index (χ1) is 7.40. The van der Waals surface area contributed by atoms with E-state index in [1.165, 1.54) is 18.4 Å². The van der Waals surface area contributed by atoms with Gasteiger partial charge in [0, 0.05) is 24.0 Å². The summed E-state index contributed by atoms with van der Waals surface area (Å²) in [6.45, 7) is 0. The lowest BCUT2D eigenvalue weighted by Gasteiger charge is -2.13. The molecule has 4 heteroatoms. The molecule has 0 spiro atoms. The molecule has 0 radical (unpaired) electrons. The minimum Gasteiger partial charge on any atom is -0.313 e. The van der Waals surface area contributed by atoms with Crippen molar-refractivity contribution in [2.45, 2.75) is 18.9 Å². The van der Waals surface area contributed by atoms with Crippen molar-refractivity contribution in [3.05, 3.63) is 30.4 Å². The topological polar surface area (TPSA) is 42.2 Å². The van der Waals surface area contributed by atoms with Crippen LogP contribution in [0.3, 0.4) is 0 Å². The van der Waals surface area contributed by atoms with Crippen molar-refractivity contribution in [1.82, 2.24) is 19.9 Å². The molecule has 1 saturated carbocycles. The summed E-state index contributed by atoms with van der Waals surface area (Å²) in [5.74, 6) is 0.781. The quantitative estimate of drug-likeness (QED) is 0.818. The molecule has 3 rings (SSSR count). The Morgan fingerprint density at radius 1 is 1.47 bits per heavy atom. The van der Waals surface area contributed by atoms with Gasteiger partial charge in [-0.15, -0.1) is 0 Å². The van der Waals surface area contributed by atoms with Crippen LogP contribution < -0.4 is 5.32 Å². The molecule has 2 heterocycles. The Morgan fingerprint density at radius 3 is 3.07 bits per heavy atom. The molecule has 0 aromatic carbocycles. The fourth-order valence-corrected chi connectivity index (χ4v) is 2.17. The van der Waals surface area contributed by atoms with Gasteiger partial charge in [-0.3, -0.25) is 4.98 Å².